The molecule has 3 fully saturated rings. The average Bonchev–Trinajstić information content (AvgIpc) is 3.61. The van der Waals surface area contributed by atoms with Crippen molar-refractivity contribution in [2.75, 3.05) is 35.2 Å². The van der Waals surface area contributed by atoms with E-state index < -0.39 is 18.0 Å². The van der Waals surface area contributed by atoms with Gasteiger partial charge >= 0.3 is 12.1 Å². The van der Waals surface area contributed by atoms with Gasteiger partial charge in [-0.2, -0.15) is 0 Å². The lowest BCUT2D eigenvalue weighted by Crippen LogP contribution is -2.58. The first-order valence-electron chi connectivity index (χ1n) is 13.5. The largest absolute Gasteiger partial charge is 0.490 e. The summed E-state index contributed by atoms with van der Waals surface area (Å²) in [7, 11) is 0. The van der Waals surface area contributed by atoms with Crippen LogP contribution < -0.4 is 36.2 Å². The van der Waals surface area contributed by atoms with Crippen molar-refractivity contribution in [2.45, 2.75) is 50.7 Å². The molecule has 2 unspecified atom stereocenters. The Morgan fingerprint density at radius 1 is 0.923 bits per heavy atom. The summed E-state index contributed by atoms with van der Waals surface area (Å²) >= 11 is 0. The molecule has 5 N–H and O–H groups in total. The highest BCUT2D eigenvalue weighted by Crippen LogP contribution is 2.26. The number of carbonyl (C=O) groups is 4. The number of nitrogens with zero attached hydrogens (tertiary/aromatic N) is 1. The summed E-state index contributed by atoms with van der Waals surface area (Å²) < 4.78 is 5.97. The quantitative estimate of drug-likeness (QED) is 0.352. The molecule has 11 nitrogen and oxygen atoms in total. The van der Waals surface area contributed by atoms with E-state index in [1.54, 1.807) is 0 Å². The van der Waals surface area contributed by atoms with Crippen molar-refractivity contribution in [1.29, 1.82) is 0 Å². The normalized spacial score (nSPS) is 21.2. The van der Waals surface area contributed by atoms with Gasteiger partial charge < -0.3 is 30.9 Å². The van der Waals surface area contributed by atoms with Crippen LogP contribution in [0.3, 0.4) is 0 Å². The first-order valence-corrected chi connectivity index (χ1v) is 13.5. The third-order valence-corrected chi connectivity index (χ3v) is 7.32. The Labute approximate surface area is 227 Å². The van der Waals surface area contributed by atoms with Crippen LogP contribution in [-0.2, 0) is 9.59 Å². The number of hydrogen-bond acceptors (Lipinski definition) is 6. The lowest BCUT2D eigenvalue weighted by atomic mass is 10.1. The number of imide groups is 1. The molecule has 2 atom stereocenters. The number of carbonyl (C=O) groups excluding carboxylic acids is 4. The lowest BCUT2D eigenvalue weighted by molar-refractivity contribution is -0.128. The lowest BCUT2D eigenvalue weighted by Gasteiger charge is -2.23. The summed E-state index contributed by atoms with van der Waals surface area (Å²) in [6.45, 7) is 2.08. The molecular formula is C28H34N6O5. The molecule has 0 bridgehead atoms. The monoisotopic (exact) mass is 534 g/mol. The van der Waals surface area contributed by atoms with Crippen LogP contribution in [0.5, 0.6) is 5.75 Å². The minimum Gasteiger partial charge on any atom is -0.490 e. The zero-order chi connectivity index (χ0) is 27.2. The maximum atomic E-state index is 12.5. The Kier molecular flexibility index (Phi) is 8.14. The van der Waals surface area contributed by atoms with E-state index in [1.165, 1.54) is 12.8 Å². The van der Waals surface area contributed by atoms with E-state index >= 15 is 0 Å². The second kappa shape index (κ2) is 12.1. The van der Waals surface area contributed by atoms with E-state index in [2.05, 4.69) is 31.5 Å². The number of urea groups is 2. The van der Waals surface area contributed by atoms with E-state index in [4.69, 9.17) is 4.74 Å². The third-order valence-electron chi connectivity index (χ3n) is 7.32. The second-order valence-corrected chi connectivity index (χ2v) is 10.3. The number of hydrogen-bond donors (Lipinski definition) is 5. The van der Waals surface area contributed by atoms with Gasteiger partial charge in [0.1, 0.15) is 11.8 Å². The van der Waals surface area contributed by atoms with E-state index in [-0.39, 0.29) is 24.3 Å². The molecule has 6 amide bonds. The molecule has 2 aromatic carbocycles. The average molecular weight is 535 g/mol. The van der Waals surface area contributed by atoms with Crippen LogP contribution in [0, 0.1) is 5.92 Å². The molecule has 1 saturated carbocycles. The molecule has 206 valence electrons. The van der Waals surface area contributed by atoms with Gasteiger partial charge in [0.05, 0.1) is 12.5 Å². The maximum Gasteiger partial charge on any atom is 0.323 e. The molecule has 0 aromatic heterocycles. The van der Waals surface area contributed by atoms with Crippen LogP contribution in [0.1, 0.15) is 38.5 Å². The SMILES string of the molecule is O=C1CC(C(=O)NCC2CCN(c3ccc(NC(=O)Nc4ccc(OC5CCCC5)cc4)cc3)C2)NC(=O)N1. The van der Waals surface area contributed by atoms with Gasteiger partial charge in [-0.1, -0.05) is 0 Å². The van der Waals surface area contributed by atoms with Crippen molar-refractivity contribution < 1.29 is 23.9 Å². The highest BCUT2D eigenvalue weighted by molar-refractivity contribution is 6.02. The summed E-state index contributed by atoms with van der Waals surface area (Å²) in [5, 5.41) is 13.1. The molecular weight excluding hydrogens is 500 g/mol. The molecule has 0 radical (unpaired) electrons. The van der Waals surface area contributed by atoms with Gasteiger partial charge in [0.25, 0.3) is 0 Å². The molecule has 0 spiro atoms. The van der Waals surface area contributed by atoms with Crippen molar-refractivity contribution in [3.05, 3.63) is 48.5 Å². The predicted octanol–water partition coefficient (Wildman–Crippen LogP) is 3.19. The standard InChI is InChI=1S/C28H34N6O5/c35-25-15-24(32-28(38)33-25)26(36)29-16-18-13-14-34(17-18)21-9-5-19(6-10-21)30-27(37)31-20-7-11-23(12-8-20)39-22-3-1-2-4-22/h5-12,18,22,24H,1-4,13-17H2,(H,29,36)(H2,30,31,37)(H2,32,33,35,38). The van der Waals surface area contributed by atoms with Crippen molar-refractivity contribution in [3.8, 4) is 5.75 Å². The first-order chi connectivity index (χ1) is 18.9. The van der Waals surface area contributed by atoms with Crippen LogP contribution >= 0.6 is 0 Å². The van der Waals surface area contributed by atoms with Crippen LogP contribution in [0.2, 0.25) is 0 Å². The fourth-order valence-corrected chi connectivity index (χ4v) is 5.23. The summed E-state index contributed by atoms with van der Waals surface area (Å²) in [5.74, 6) is 0.265. The number of nitrogens with one attached hydrogen (secondary N) is 5. The van der Waals surface area contributed by atoms with Crippen LogP contribution in [0.4, 0.5) is 26.7 Å². The minimum atomic E-state index is -0.837. The Morgan fingerprint density at radius 3 is 2.26 bits per heavy atom. The minimum absolute atomic E-state index is 0.0611. The van der Waals surface area contributed by atoms with Gasteiger partial charge in [-0.25, -0.2) is 9.59 Å². The van der Waals surface area contributed by atoms with Gasteiger partial charge in [0.15, 0.2) is 0 Å². The van der Waals surface area contributed by atoms with Crippen molar-refractivity contribution in [2.24, 2.45) is 5.92 Å². The third kappa shape index (κ3) is 7.18. The van der Waals surface area contributed by atoms with E-state index in [0.29, 0.717) is 24.0 Å². The molecule has 2 aliphatic heterocycles. The zero-order valence-corrected chi connectivity index (χ0v) is 21.7. The van der Waals surface area contributed by atoms with Gasteiger partial charge in [0.2, 0.25) is 11.8 Å². The summed E-state index contributed by atoms with van der Waals surface area (Å²) in [6, 6.07) is 13.3. The topological polar surface area (TPSA) is 141 Å². The molecule has 11 heteroatoms. The Balaban J connectivity index is 1.04. The van der Waals surface area contributed by atoms with Gasteiger partial charge in [-0.3, -0.25) is 14.9 Å². The van der Waals surface area contributed by atoms with Crippen LogP contribution in [-0.4, -0.2) is 55.7 Å². The maximum absolute atomic E-state index is 12.5. The number of anilines is 3. The zero-order valence-electron chi connectivity index (χ0n) is 21.7. The highest BCUT2D eigenvalue weighted by Gasteiger charge is 2.30. The summed E-state index contributed by atoms with van der Waals surface area (Å²) in [6.07, 6.45) is 5.78. The van der Waals surface area contributed by atoms with Crippen LogP contribution in [0.15, 0.2) is 48.5 Å². The van der Waals surface area contributed by atoms with Gasteiger partial charge in [0, 0.05) is 36.7 Å². The first kappa shape index (κ1) is 26.3. The Bertz CT molecular complexity index is 1180. The number of ether oxygens (including phenoxy) is 1. The van der Waals surface area contributed by atoms with Gasteiger partial charge in [-0.05, 0) is 86.6 Å². The van der Waals surface area contributed by atoms with Gasteiger partial charge in [-0.15, -0.1) is 0 Å². The van der Waals surface area contributed by atoms with Crippen molar-refractivity contribution >= 4 is 40.9 Å². The van der Waals surface area contributed by atoms with Crippen molar-refractivity contribution in [3.63, 3.8) is 0 Å². The van der Waals surface area contributed by atoms with E-state index in [1.807, 2.05) is 48.5 Å². The molecule has 1 aliphatic carbocycles. The fourth-order valence-electron chi connectivity index (χ4n) is 5.23. The molecule has 2 heterocycles. The Morgan fingerprint density at radius 2 is 1.59 bits per heavy atom. The number of amides is 6. The molecule has 2 saturated heterocycles. The Hall–Kier alpha value is -4.28. The highest BCUT2D eigenvalue weighted by atomic mass is 16.5. The number of benzene rings is 2. The smallest absolute Gasteiger partial charge is 0.323 e. The molecule has 3 aliphatic rings. The molecule has 2 aromatic rings. The van der Waals surface area contributed by atoms with Crippen LogP contribution in [0.25, 0.3) is 0 Å². The predicted molar refractivity (Wildman–Crippen MR) is 147 cm³/mol. The molecule has 39 heavy (non-hydrogen) atoms. The molecule has 5 rings (SSSR count). The fraction of sp³-hybridized carbons (Fsp3) is 0.429. The number of rotatable bonds is 8. The van der Waals surface area contributed by atoms with Crippen molar-refractivity contribution in [1.82, 2.24) is 16.0 Å². The summed E-state index contributed by atoms with van der Waals surface area (Å²) in [5.41, 5.74) is 2.40. The second-order valence-electron chi connectivity index (χ2n) is 10.3. The van der Waals surface area contributed by atoms with E-state index in [9.17, 15) is 19.2 Å². The summed E-state index contributed by atoms with van der Waals surface area (Å²) in [4.78, 5) is 49.9. The van der Waals surface area contributed by atoms with E-state index in [0.717, 1.165) is 43.8 Å².